The number of hydrogen-bond donors (Lipinski definition) is 1. The van der Waals surface area contributed by atoms with Crippen molar-refractivity contribution in [3.8, 4) is 0 Å². The first-order valence-electron chi connectivity index (χ1n) is 9.10. The lowest BCUT2D eigenvalue weighted by molar-refractivity contribution is -0.131. The van der Waals surface area contributed by atoms with Crippen LogP contribution in [0, 0.1) is 23.7 Å². The summed E-state index contributed by atoms with van der Waals surface area (Å²) in [6.07, 6.45) is 4.15. The number of benzene rings is 1. The van der Waals surface area contributed by atoms with Gasteiger partial charge in [-0.25, -0.2) is 8.78 Å². The van der Waals surface area contributed by atoms with Crippen LogP contribution in [0.1, 0.15) is 43.0 Å². The molecule has 2 unspecified atom stereocenters. The molecule has 0 radical (unpaired) electrons. The minimum absolute atomic E-state index is 0.0647. The molecule has 1 saturated heterocycles. The number of nitrogens with zero attached hydrogens (tertiary/aromatic N) is 1. The van der Waals surface area contributed by atoms with Gasteiger partial charge in [0.2, 0.25) is 11.8 Å². The van der Waals surface area contributed by atoms with Crippen molar-refractivity contribution in [2.75, 3.05) is 6.54 Å². The Bertz CT molecular complexity index is 828. The highest BCUT2D eigenvalue weighted by Gasteiger charge is 2.57. The summed E-state index contributed by atoms with van der Waals surface area (Å²) >= 11 is 0. The van der Waals surface area contributed by atoms with Gasteiger partial charge >= 0.3 is 0 Å². The summed E-state index contributed by atoms with van der Waals surface area (Å²) in [5.41, 5.74) is 1.86. The van der Waals surface area contributed by atoms with E-state index in [9.17, 15) is 18.4 Å². The number of aryl methyl sites for hydroxylation is 2. The molecule has 1 amide bonds. The van der Waals surface area contributed by atoms with E-state index in [2.05, 4.69) is 0 Å². The SMILES string of the molecule is Cc1cc(C(C)N2C[C@@]3(C(=N)C=O)C=CC3C2=O)ccc1CCC(C)(F)F. The van der Waals surface area contributed by atoms with Crippen LogP contribution >= 0.6 is 0 Å². The molecule has 1 aliphatic carbocycles. The van der Waals surface area contributed by atoms with E-state index in [1.165, 1.54) is 0 Å². The van der Waals surface area contributed by atoms with Crippen molar-refractivity contribution >= 4 is 17.9 Å². The van der Waals surface area contributed by atoms with Gasteiger partial charge in [-0.05, 0) is 43.9 Å². The molecule has 0 aromatic heterocycles. The first kappa shape index (κ1) is 19.4. The highest BCUT2D eigenvalue weighted by atomic mass is 19.3. The van der Waals surface area contributed by atoms with Crippen LogP contribution in [0.5, 0.6) is 0 Å². The molecule has 4 nitrogen and oxygen atoms in total. The first-order valence-corrected chi connectivity index (χ1v) is 9.10. The summed E-state index contributed by atoms with van der Waals surface area (Å²) in [7, 11) is 0. The monoisotopic (exact) mass is 374 g/mol. The van der Waals surface area contributed by atoms with Crippen LogP contribution < -0.4 is 0 Å². The molecule has 0 saturated carbocycles. The van der Waals surface area contributed by atoms with E-state index in [0.29, 0.717) is 19.3 Å². The van der Waals surface area contributed by atoms with E-state index in [0.717, 1.165) is 23.6 Å². The van der Waals surface area contributed by atoms with Gasteiger partial charge in [0.1, 0.15) is 0 Å². The predicted octanol–water partition coefficient (Wildman–Crippen LogP) is 3.88. The number of rotatable bonds is 7. The Morgan fingerprint density at radius 1 is 1.48 bits per heavy atom. The number of hydrogen-bond acceptors (Lipinski definition) is 3. The maximum atomic E-state index is 13.1. The van der Waals surface area contributed by atoms with Gasteiger partial charge in [-0.3, -0.25) is 9.59 Å². The Morgan fingerprint density at radius 3 is 2.70 bits per heavy atom. The molecule has 1 fully saturated rings. The minimum Gasteiger partial charge on any atom is -0.334 e. The Hall–Kier alpha value is -2.37. The molecule has 144 valence electrons. The van der Waals surface area contributed by atoms with Crippen molar-refractivity contribution < 1.29 is 18.4 Å². The summed E-state index contributed by atoms with van der Waals surface area (Å²) < 4.78 is 26.2. The van der Waals surface area contributed by atoms with Crippen molar-refractivity contribution in [1.82, 2.24) is 4.90 Å². The number of amides is 1. The van der Waals surface area contributed by atoms with Gasteiger partial charge in [-0.1, -0.05) is 30.4 Å². The molecule has 27 heavy (non-hydrogen) atoms. The zero-order valence-corrected chi connectivity index (χ0v) is 15.8. The number of carbonyl (C=O) groups excluding carboxylic acids is 2. The Labute approximate surface area is 157 Å². The summed E-state index contributed by atoms with van der Waals surface area (Å²) in [6.45, 7) is 5.04. The number of halogens is 2. The second-order valence-electron chi connectivity index (χ2n) is 7.81. The van der Waals surface area contributed by atoms with Crippen molar-refractivity contribution in [3.63, 3.8) is 0 Å². The highest BCUT2D eigenvalue weighted by molar-refractivity contribution is 6.32. The summed E-state index contributed by atoms with van der Waals surface area (Å²) in [5.74, 6) is -3.21. The fourth-order valence-electron chi connectivity index (χ4n) is 3.99. The van der Waals surface area contributed by atoms with E-state index in [4.69, 9.17) is 5.41 Å². The van der Waals surface area contributed by atoms with E-state index in [1.54, 1.807) is 17.1 Å². The highest BCUT2D eigenvalue weighted by Crippen LogP contribution is 2.49. The Kier molecular flexibility index (Phi) is 4.78. The smallest absolute Gasteiger partial charge is 0.245 e. The average Bonchev–Trinajstić information content (AvgIpc) is 2.77. The van der Waals surface area contributed by atoms with Gasteiger partial charge in [0, 0.05) is 13.0 Å². The van der Waals surface area contributed by atoms with Crippen molar-refractivity contribution in [3.05, 3.63) is 47.0 Å². The van der Waals surface area contributed by atoms with Crippen molar-refractivity contribution in [2.45, 2.75) is 45.6 Å². The number of nitrogens with one attached hydrogen (secondary N) is 1. The second kappa shape index (κ2) is 6.66. The summed E-state index contributed by atoms with van der Waals surface area (Å²) in [6, 6.07) is 5.44. The van der Waals surface area contributed by atoms with E-state index < -0.39 is 17.3 Å². The van der Waals surface area contributed by atoms with Crippen LogP contribution in [0.25, 0.3) is 0 Å². The largest absolute Gasteiger partial charge is 0.334 e. The molecule has 1 aromatic carbocycles. The maximum Gasteiger partial charge on any atom is 0.245 e. The van der Waals surface area contributed by atoms with Crippen LogP contribution in [0.4, 0.5) is 8.78 Å². The average molecular weight is 374 g/mol. The third-order valence-electron chi connectivity index (χ3n) is 5.89. The number of carbonyl (C=O) groups is 2. The Morgan fingerprint density at radius 2 is 2.19 bits per heavy atom. The van der Waals surface area contributed by atoms with Gasteiger partial charge in [-0.2, -0.15) is 0 Å². The van der Waals surface area contributed by atoms with Gasteiger partial charge in [0.15, 0.2) is 6.29 Å². The lowest BCUT2D eigenvalue weighted by Crippen LogP contribution is -2.42. The minimum atomic E-state index is -2.69. The lowest BCUT2D eigenvalue weighted by atomic mass is 9.66. The third kappa shape index (κ3) is 3.33. The number of alkyl halides is 2. The normalized spacial score (nSPS) is 25.1. The fraction of sp³-hybridized carbons (Fsp3) is 0.476. The molecule has 1 aromatic rings. The molecule has 3 atom stereocenters. The van der Waals surface area contributed by atoms with Crippen LogP contribution in [-0.4, -0.2) is 35.3 Å². The lowest BCUT2D eigenvalue weighted by Gasteiger charge is -2.34. The van der Waals surface area contributed by atoms with Gasteiger partial charge in [-0.15, -0.1) is 0 Å². The molecule has 3 rings (SSSR count). The molecule has 0 bridgehead atoms. The number of likely N-dealkylation sites (tertiary alicyclic amines) is 1. The fourth-order valence-corrected chi connectivity index (χ4v) is 3.99. The van der Waals surface area contributed by atoms with Crippen LogP contribution in [0.15, 0.2) is 30.4 Å². The number of fused-ring (bicyclic) bond motifs is 1. The van der Waals surface area contributed by atoms with Gasteiger partial charge in [0.05, 0.1) is 23.1 Å². The predicted molar refractivity (Wildman–Crippen MR) is 99.1 cm³/mol. The van der Waals surface area contributed by atoms with Crippen molar-refractivity contribution in [1.29, 1.82) is 5.41 Å². The van der Waals surface area contributed by atoms with Crippen LogP contribution in [0.2, 0.25) is 0 Å². The molecular weight excluding hydrogens is 350 g/mol. The molecular formula is C21H24F2N2O2. The van der Waals surface area contributed by atoms with E-state index in [-0.39, 0.29) is 24.1 Å². The van der Waals surface area contributed by atoms with E-state index >= 15 is 0 Å². The molecule has 1 aliphatic heterocycles. The quantitative estimate of drug-likeness (QED) is 0.447. The van der Waals surface area contributed by atoms with E-state index in [1.807, 2.05) is 32.0 Å². The first-order chi connectivity index (χ1) is 12.6. The van der Waals surface area contributed by atoms with Crippen LogP contribution in [-0.2, 0) is 16.0 Å². The van der Waals surface area contributed by atoms with Gasteiger partial charge in [0.25, 0.3) is 0 Å². The van der Waals surface area contributed by atoms with Crippen LogP contribution in [0.3, 0.4) is 0 Å². The molecule has 0 spiro atoms. The summed E-state index contributed by atoms with van der Waals surface area (Å²) in [5, 5.41) is 7.94. The van der Waals surface area contributed by atoms with Gasteiger partial charge < -0.3 is 10.3 Å². The zero-order valence-electron chi connectivity index (χ0n) is 15.8. The number of aldehydes is 1. The summed E-state index contributed by atoms with van der Waals surface area (Å²) in [4.78, 5) is 25.6. The third-order valence-corrected chi connectivity index (χ3v) is 5.89. The molecule has 1 heterocycles. The Balaban J connectivity index is 1.78. The molecule has 6 heteroatoms. The standard InChI is InChI=1S/C21H24F2N2O2/c1-13-10-16(5-4-15(13)6-8-20(3,22)23)14(2)25-12-21(18(24)11-26)9-7-17(21)19(25)27/h4-5,7,9-11,14,17,24H,6,8,12H2,1-3H3/t14?,17?,21-/m0/s1. The second-order valence-corrected chi connectivity index (χ2v) is 7.81. The molecule has 1 N–H and O–H groups in total. The van der Waals surface area contributed by atoms with Crippen molar-refractivity contribution in [2.24, 2.45) is 11.3 Å². The zero-order chi connectivity index (χ0) is 20.0. The maximum absolute atomic E-state index is 13.1. The topological polar surface area (TPSA) is 61.2 Å². The molecule has 2 aliphatic rings.